The summed E-state index contributed by atoms with van der Waals surface area (Å²) in [6.45, 7) is 3.34. The van der Waals surface area contributed by atoms with E-state index in [1.807, 2.05) is 0 Å². The number of nitrogens with zero attached hydrogens (tertiary/aromatic N) is 1. The number of unbranched alkanes of at least 4 members (excludes halogenated alkanes) is 1. The first-order valence-corrected chi connectivity index (χ1v) is 3.78. The lowest BCUT2D eigenvalue weighted by atomic mass is 10.3. The van der Waals surface area contributed by atoms with Crippen LogP contribution in [-0.2, 0) is 0 Å². The number of nitrogens with one attached hydrogen (secondary N) is 1. The molecule has 0 saturated carbocycles. The first-order chi connectivity index (χ1) is 5.31. The van der Waals surface area contributed by atoms with Gasteiger partial charge in [-0.1, -0.05) is 19.3 Å². The van der Waals surface area contributed by atoms with Crippen LogP contribution in [0.3, 0.4) is 0 Å². The monoisotopic (exact) mass is 153 g/mol. The third-order valence-corrected chi connectivity index (χ3v) is 1.17. The van der Waals surface area contributed by atoms with Crippen LogP contribution < -0.4 is 11.1 Å². The first-order valence-electron chi connectivity index (χ1n) is 3.78. The number of hydrogen-bond acceptors (Lipinski definition) is 1. The van der Waals surface area contributed by atoms with Crippen molar-refractivity contribution in [2.24, 2.45) is 10.7 Å². The number of rotatable bonds is 4. The van der Waals surface area contributed by atoms with E-state index in [1.165, 1.54) is 0 Å². The molecule has 0 saturated heterocycles. The number of terminal acetylenes is 1. The fraction of sp³-hybridized carbons (Fsp3) is 0.625. The second-order valence-corrected chi connectivity index (χ2v) is 2.18. The molecule has 0 aromatic carbocycles. The Morgan fingerprint density at radius 2 is 2.45 bits per heavy atom. The van der Waals surface area contributed by atoms with Gasteiger partial charge in [0, 0.05) is 6.54 Å². The molecule has 0 rings (SSSR count). The van der Waals surface area contributed by atoms with Gasteiger partial charge in [-0.15, -0.1) is 6.42 Å². The molecule has 3 nitrogen and oxygen atoms in total. The molecular weight excluding hydrogens is 138 g/mol. The van der Waals surface area contributed by atoms with Gasteiger partial charge in [0.1, 0.15) is 0 Å². The van der Waals surface area contributed by atoms with E-state index in [2.05, 4.69) is 23.2 Å². The molecule has 0 aliphatic carbocycles. The van der Waals surface area contributed by atoms with E-state index in [0.29, 0.717) is 12.5 Å². The van der Waals surface area contributed by atoms with Gasteiger partial charge in [-0.2, -0.15) is 0 Å². The maximum absolute atomic E-state index is 5.44. The molecule has 0 bridgehead atoms. The van der Waals surface area contributed by atoms with E-state index in [1.54, 1.807) is 0 Å². The summed E-state index contributed by atoms with van der Waals surface area (Å²) in [6.07, 6.45) is 7.21. The standard InChI is InChI=1S/C8H15N3/c1-3-5-7-11-8(9)10-6-4-2/h2H,3,5-7H2,1H3,(H3,9,10,11). The van der Waals surface area contributed by atoms with E-state index < -0.39 is 0 Å². The third kappa shape index (κ3) is 6.72. The highest BCUT2D eigenvalue weighted by Crippen LogP contribution is 1.85. The van der Waals surface area contributed by atoms with Gasteiger partial charge in [0.05, 0.1) is 6.54 Å². The lowest BCUT2D eigenvalue weighted by Crippen LogP contribution is -2.31. The van der Waals surface area contributed by atoms with Crippen molar-refractivity contribution in [3.05, 3.63) is 0 Å². The normalized spacial score (nSPS) is 10.7. The summed E-state index contributed by atoms with van der Waals surface area (Å²) in [7, 11) is 0. The van der Waals surface area contributed by atoms with Crippen LogP contribution in [0, 0.1) is 12.3 Å². The summed E-state index contributed by atoms with van der Waals surface area (Å²) in [5, 5.41) is 2.78. The molecule has 0 aromatic heterocycles. The number of nitrogens with two attached hydrogens (primary N) is 1. The summed E-state index contributed by atoms with van der Waals surface area (Å²) in [5.74, 6) is 2.86. The minimum Gasteiger partial charge on any atom is -0.370 e. The zero-order chi connectivity index (χ0) is 8.53. The first kappa shape index (κ1) is 9.83. The van der Waals surface area contributed by atoms with Gasteiger partial charge in [-0.3, -0.25) is 4.99 Å². The Balaban J connectivity index is 3.39. The summed E-state index contributed by atoms with van der Waals surface area (Å²) < 4.78 is 0. The molecule has 0 amide bonds. The van der Waals surface area contributed by atoms with Gasteiger partial charge in [0.15, 0.2) is 5.96 Å². The molecule has 0 aromatic rings. The minimum absolute atomic E-state index is 0.441. The van der Waals surface area contributed by atoms with E-state index >= 15 is 0 Å². The molecule has 0 atom stereocenters. The van der Waals surface area contributed by atoms with Crippen LogP contribution >= 0.6 is 0 Å². The van der Waals surface area contributed by atoms with Crippen molar-refractivity contribution in [2.75, 3.05) is 13.1 Å². The van der Waals surface area contributed by atoms with Crippen molar-refractivity contribution in [1.82, 2.24) is 5.32 Å². The maximum atomic E-state index is 5.44. The Kier molecular flexibility index (Phi) is 6.20. The fourth-order valence-corrected chi connectivity index (χ4v) is 0.555. The van der Waals surface area contributed by atoms with Crippen LogP contribution in [-0.4, -0.2) is 19.0 Å². The van der Waals surface area contributed by atoms with Crippen LogP contribution in [0.15, 0.2) is 4.99 Å². The highest BCUT2D eigenvalue weighted by molar-refractivity contribution is 5.77. The molecule has 0 unspecified atom stereocenters. The summed E-state index contributed by atoms with van der Waals surface area (Å²) in [4.78, 5) is 4.04. The lowest BCUT2D eigenvalue weighted by molar-refractivity contribution is 0.801. The number of hydrogen-bond donors (Lipinski definition) is 2. The molecule has 3 heteroatoms. The number of guanidine groups is 1. The summed E-state index contributed by atoms with van der Waals surface area (Å²) >= 11 is 0. The average molecular weight is 153 g/mol. The zero-order valence-corrected chi connectivity index (χ0v) is 6.93. The Morgan fingerprint density at radius 3 is 3.00 bits per heavy atom. The number of aliphatic imine (C=N–C) groups is 1. The van der Waals surface area contributed by atoms with Crippen LogP contribution in [0.25, 0.3) is 0 Å². The topological polar surface area (TPSA) is 50.4 Å². The summed E-state index contributed by atoms with van der Waals surface area (Å²) in [6, 6.07) is 0. The van der Waals surface area contributed by atoms with Crippen molar-refractivity contribution in [3.8, 4) is 12.3 Å². The van der Waals surface area contributed by atoms with Gasteiger partial charge in [0.2, 0.25) is 0 Å². The molecule has 62 valence electrons. The van der Waals surface area contributed by atoms with E-state index in [9.17, 15) is 0 Å². The van der Waals surface area contributed by atoms with Crippen LogP contribution in [0.4, 0.5) is 0 Å². The SMILES string of the molecule is C#CCNC(N)=NCCCC. The van der Waals surface area contributed by atoms with Crippen molar-refractivity contribution < 1.29 is 0 Å². The largest absolute Gasteiger partial charge is 0.370 e. The van der Waals surface area contributed by atoms with Crippen LogP contribution in [0.2, 0.25) is 0 Å². The molecule has 0 aliphatic rings. The predicted octanol–water partition coefficient (Wildman–Crippen LogP) is 0.324. The quantitative estimate of drug-likeness (QED) is 0.264. The Morgan fingerprint density at radius 1 is 1.73 bits per heavy atom. The van der Waals surface area contributed by atoms with Gasteiger partial charge < -0.3 is 11.1 Å². The van der Waals surface area contributed by atoms with Crippen LogP contribution in [0.5, 0.6) is 0 Å². The van der Waals surface area contributed by atoms with Crippen molar-refractivity contribution in [2.45, 2.75) is 19.8 Å². The molecule has 11 heavy (non-hydrogen) atoms. The second kappa shape index (κ2) is 6.94. The molecule has 0 radical (unpaired) electrons. The van der Waals surface area contributed by atoms with Gasteiger partial charge in [-0.25, -0.2) is 0 Å². The fourth-order valence-electron chi connectivity index (χ4n) is 0.555. The second-order valence-electron chi connectivity index (χ2n) is 2.18. The minimum atomic E-state index is 0.441. The van der Waals surface area contributed by atoms with Gasteiger partial charge in [0.25, 0.3) is 0 Å². The highest BCUT2D eigenvalue weighted by atomic mass is 15.1. The molecule has 0 heterocycles. The van der Waals surface area contributed by atoms with Crippen LogP contribution in [0.1, 0.15) is 19.8 Å². The molecular formula is C8H15N3. The van der Waals surface area contributed by atoms with E-state index in [4.69, 9.17) is 12.2 Å². The zero-order valence-electron chi connectivity index (χ0n) is 6.93. The Hall–Kier alpha value is -1.17. The predicted molar refractivity (Wildman–Crippen MR) is 48.2 cm³/mol. The van der Waals surface area contributed by atoms with Crippen molar-refractivity contribution in [3.63, 3.8) is 0 Å². The lowest BCUT2D eigenvalue weighted by Gasteiger charge is -1.99. The van der Waals surface area contributed by atoms with Crippen molar-refractivity contribution in [1.29, 1.82) is 0 Å². The molecule has 0 spiro atoms. The Bertz CT molecular complexity index is 155. The molecule has 0 aliphatic heterocycles. The van der Waals surface area contributed by atoms with Crippen molar-refractivity contribution >= 4 is 5.96 Å². The highest BCUT2D eigenvalue weighted by Gasteiger charge is 1.86. The van der Waals surface area contributed by atoms with E-state index in [0.717, 1.165) is 19.4 Å². The third-order valence-electron chi connectivity index (χ3n) is 1.17. The molecule has 0 fully saturated rings. The Labute approximate surface area is 68.1 Å². The smallest absolute Gasteiger partial charge is 0.189 e. The van der Waals surface area contributed by atoms with Gasteiger partial charge in [-0.05, 0) is 6.42 Å². The maximum Gasteiger partial charge on any atom is 0.189 e. The van der Waals surface area contributed by atoms with E-state index in [-0.39, 0.29) is 0 Å². The van der Waals surface area contributed by atoms with Gasteiger partial charge >= 0.3 is 0 Å². The molecule has 3 N–H and O–H groups in total. The average Bonchev–Trinajstić information content (AvgIpc) is 2.01. The summed E-state index contributed by atoms with van der Waals surface area (Å²) in [5.41, 5.74) is 5.44.